The smallest absolute Gasteiger partial charge is 0.335 e. The molecule has 5 aromatic rings. The summed E-state index contributed by atoms with van der Waals surface area (Å²) in [6.07, 6.45) is 3.33. The van der Waals surface area contributed by atoms with E-state index in [9.17, 15) is 18.7 Å². The number of carbonyl (C=O) groups is 1. The number of fused-ring (bicyclic) bond motifs is 1. The van der Waals surface area contributed by atoms with Gasteiger partial charge < -0.3 is 19.1 Å². The average Bonchev–Trinajstić information content (AvgIpc) is 3.77. The highest BCUT2D eigenvalue weighted by molar-refractivity contribution is 6.31. The molecule has 2 fully saturated rings. The molecule has 49 heavy (non-hydrogen) atoms. The van der Waals surface area contributed by atoms with Crippen molar-refractivity contribution in [2.75, 3.05) is 13.3 Å². The van der Waals surface area contributed by atoms with Gasteiger partial charge in [-0.25, -0.2) is 32.3 Å². The van der Waals surface area contributed by atoms with E-state index in [0.717, 1.165) is 37.5 Å². The SMILES string of the molecule is O=C(O)c1cc(F)c2nc(Cc3cc(F)c(-c4cccc(OCc5ncc(C#CC6(CF)CC6)cc5Cl)n4)cc3F)n(CC3CCO3)c2c1. The molecular weight excluding hydrogens is 664 g/mol. The molecule has 1 aliphatic carbocycles. The van der Waals surface area contributed by atoms with Gasteiger partial charge in [-0.05, 0) is 61.2 Å². The molecule has 13 heteroatoms. The summed E-state index contributed by atoms with van der Waals surface area (Å²) in [4.78, 5) is 24.6. The van der Waals surface area contributed by atoms with Crippen LogP contribution in [0.25, 0.3) is 22.3 Å². The highest BCUT2D eigenvalue weighted by Crippen LogP contribution is 2.45. The van der Waals surface area contributed by atoms with Crippen molar-refractivity contribution in [2.24, 2.45) is 5.41 Å². The Morgan fingerprint density at radius 3 is 2.61 bits per heavy atom. The number of rotatable bonds is 10. The van der Waals surface area contributed by atoms with Crippen LogP contribution in [0.15, 0.2) is 54.7 Å². The van der Waals surface area contributed by atoms with Crippen LogP contribution >= 0.6 is 11.6 Å². The molecule has 0 bridgehead atoms. The van der Waals surface area contributed by atoms with Gasteiger partial charge in [-0.1, -0.05) is 29.5 Å². The summed E-state index contributed by atoms with van der Waals surface area (Å²) in [5.41, 5.74) is 0.275. The van der Waals surface area contributed by atoms with Gasteiger partial charge in [-0.15, -0.1) is 0 Å². The van der Waals surface area contributed by atoms with Gasteiger partial charge in [0.2, 0.25) is 5.88 Å². The quantitative estimate of drug-likeness (QED) is 0.121. The Hall–Kier alpha value is -4.99. The van der Waals surface area contributed by atoms with E-state index in [1.165, 1.54) is 18.3 Å². The first-order valence-electron chi connectivity index (χ1n) is 15.5. The number of aromatic nitrogens is 4. The number of hydrogen-bond acceptors (Lipinski definition) is 6. The maximum absolute atomic E-state index is 15.6. The van der Waals surface area contributed by atoms with Gasteiger partial charge in [0, 0.05) is 36.4 Å². The number of ether oxygens (including phenoxy) is 2. The maximum atomic E-state index is 15.6. The van der Waals surface area contributed by atoms with Crippen LogP contribution in [-0.2, 0) is 24.3 Å². The minimum absolute atomic E-state index is 0.0375. The van der Waals surface area contributed by atoms with Crippen molar-refractivity contribution in [3.63, 3.8) is 0 Å². The molecule has 1 unspecified atom stereocenters. The van der Waals surface area contributed by atoms with Crippen LogP contribution in [0.4, 0.5) is 17.6 Å². The lowest BCUT2D eigenvalue weighted by molar-refractivity contribution is -0.0589. The summed E-state index contributed by atoms with van der Waals surface area (Å²) in [5, 5.41) is 9.75. The van der Waals surface area contributed by atoms with E-state index in [0.29, 0.717) is 22.9 Å². The molecule has 3 aromatic heterocycles. The monoisotopic (exact) mass is 690 g/mol. The Bertz CT molecular complexity index is 2170. The first-order valence-corrected chi connectivity index (χ1v) is 15.8. The van der Waals surface area contributed by atoms with Crippen LogP contribution in [0.3, 0.4) is 0 Å². The number of alkyl halides is 1. The highest BCUT2D eigenvalue weighted by atomic mass is 35.5. The lowest BCUT2D eigenvalue weighted by Gasteiger charge is -2.27. The fourth-order valence-electron chi connectivity index (χ4n) is 5.49. The van der Waals surface area contributed by atoms with Crippen molar-refractivity contribution in [1.82, 2.24) is 19.5 Å². The van der Waals surface area contributed by atoms with Crippen molar-refractivity contribution >= 4 is 28.6 Å². The van der Waals surface area contributed by atoms with Crippen LogP contribution in [0.5, 0.6) is 5.88 Å². The van der Waals surface area contributed by atoms with Gasteiger partial charge in [-0.2, -0.15) is 0 Å². The molecule has 1 N–H and O–H groups in total. The van der Waals surface area contributed by atoms with Crippen LogP contribution < -0.4 is 4.74 Å². The second-order valence-corrected chi connectivity index (χ2v) is 12.5. The third-order valence-corrected chi connectivity index (χ3v) is 8.98. The topological polar surface area (TPSA) is 99.4 Å². The first kappa shape index (κ1) is 32.6. The molecule has 4 heterocycles. The Morgan fingerprint density at radius 2 is 1.92 bits per heavy atom. The van der Waals surface area contributed by atoms with Crippen LogP contribution in [0, 0.1) is 34.7 Å². The van der Waals surface area contributed by atoms with E-state index in [4.69, 9.17) is 21.1 Å². The number of aromatic carboxylic acids is 1. The van der Waals surface area contributed by atoms with E-state index >= 15 is 8.78 Å². The lowest BCUT2D eigenvalue weighted by Crippen LogP contribution is -2.31. The number of pyridine rings is 2. The van der Waals surface area contributed by atoms with E-state index in [-0.39, 0.29) is 70.8 Å². The van der Waals surface area contributed by atoms with Crippen molar-refractivity contribution < 1.29 is 36.9 Å². The van der Waals surface area contributed by atoms with Gasteiger partial charge in [0.1, 0.15) is 36.3 Å². The van der Waals surface area contributed by atoms with E-state index < -0.39 is 35.5 Å². The molecule has 0 amide bonds. The van der Waals surface area contributed by atoms with E-state index in [1.807, 2.05) is 0 Å². The first-order chi connectivity index (χ1) is 23.6. The summed E-state index contributed by atoms with van der Waals surface area (Å²) in [6, 6.07) is 10.5. The second kappa shape index (κ2) is 13.1. The van der Waals surface area contributed by atoms with Crippen molar-refractivity contribution in [2.45, 2.75) is 44.9 Å². The molecule has 1 saturated heterocycles. The van der Waals surface area contributed by atoms with Crippen molar-refractivity contribution in [3.8, 4) is 29.0 Å². The molecule has 1 atom stereocenters. The van der Waals surface area contributed by atoms with Crippen molar-refractivity contribution in [3.05, 3.63) is 105 Å². The molecule has 250 valence electrons. The minimum atomic E-state index is -1.31. The number of benzene rings is 2. The lowest BCUT2D eigenvalue weighted by atomic mass is 10.0. The number of carboxylic acids is 1. The molecule has 1 saturated carbocycles. The molecule has 2 aliphatic rings. The standard InChI is InChI=1S/C36H27ClF4N4O4/c37-25-10-20(4-6-36(19-38)7-8-36)16-42-30(25)18-49-33-3-1-2-29(43-33)24-15-26(39)21(11-27(24)40)14-32-44-34-28(41)12-22(35(46)47)13-31(34)45(32)17-23-5-9-48-23/h1-3,10-13,15-16,23H,5,7-9,14,17-19H2,(H,46,47). The van der Waals surface area contributed by atoms with E-state index in [1.54, 1.807) is 22.8 Å². The molecule has 0 spiro atoms. The Kier molecular flexibility index (Phi) is 8.73. The third kappa shape index (κ3) is 6.82. The van der Waals surface area contributed by atoms with Gasteiger partial charge in [0.05, 0.1) is 45.6 Å². The van der Waals surface area contributed by atoms with Gasteiger partial charge in [-0.3, -0.25) is 4.98 Å². The predicted molar refractivity (Wildman–Crippen MR) is 172 cm³/mol. The van der Waals surface area contributed by atoms with Crippen molar-refractivity contribution in [1.29, 1.82) is 0 Å². The fourth-order valence-corrected chi connectivity index (χ4v) is 5.71. The van der Waals surface area contributed by atoms with Crippen LogP contribution in [0.1, 0.15) is 52.3 Å². The predicted octanol–water partition coefficient (Wildman–Crippen LogP) is 7.32. The zero-order chi connectivity index (χ0) is 34.3. The Labute approximate surface area is 282 Å². The second-order valence-electron chi connectivity index (χ2n) is 12.1. The molecule has 8 nitrogen and oxygen atoms in total. The third-order valence-electron chi connectivity index (χ3n) is 8.65. The summed E-state index contributed by atoms with van der Waals surface area (Å²) in [6.45, 7) is 0.253. The zero-order valence-corrected chi connectivity index (χ0v) is 26.5. The molecule has 1 aliphatic heterocycles. The molecule has 0 radical (unpaired) electrons. The zero-order valence-electron chi connectivity index (χ0n) is 25.8. The Balaban J connectivity index is 1.10. The summed E-state index contributed by atoms with van der Waals surface area (Å²) in [5.74, 6) is 2.58. The summed E-state index contributed by atoms with van der Waals surface area (Å²) in [7, 11) is 0. The number of carboxylic acid groups (broad SMARTS) is 1. The number of imidazole rings is 1. The summed E-state index contributed by atoms with van der Waals surface area (Å²) < 4.78 is 72.0. The molecular formula is C36H27ClF4N4O4. The number of halogens is 5. The number of hydrogen-bond donors (Lipinski definition) is 1. The molecule has 7 rings (SSSR count). The largest absolute Gasteiger partial charge is 0.478 e. The van der Waals surface area contributed by atoms with Gasteiger partial charge in [0.15, 0.2) is 5.82 Å². The van der Waals surface area contributed by atoms with E-state index in [2.05, 4.69) is 26.8 Å². The highest BCUT2D eigenvalue weighted by Gasteiger charge is 2.41. The Morgan fingerprint density at radius 1 is 1.10 bits per heavy atom. The fraction of sp³-hybridized carbons (Fsp3) is 0.278. The molecule has 2 aromatic carbocycles. The normalized spacial score (nSPS) is 16.1. The van der Waals surface area contributed by atoms with Gasteiger partial charge >= 0.3 is 5.97 Å². The average molecular weight is 691 g/mol. The van der Waals surface area contributed by atoms with Crippen LogP contribution in [0.2, 0.25) is 5.02 Å². The number of nitrogens with zero attached hydrogens (tertiary/aromatic N) is 4. The van der Waals surface area contributed by atoms with Gasteiger partial charge in [0.25, 0.3) is 0 Å². The summed E-state index contributed by atoms with van der Waals surface area (Å²) >= 11 is 6.38. The maximum Gasteiger partial charge on any atom is 0.335 e. The van der Waals surface area contributed by atoms with Crippen LogP contribution in [-0.4, -0.2) is 50.0 Å². The minimum Gasteiger partial charge on any atom is -0.478 e.